The molecule has 154 valence electrons. The molecule has 28 heavy (non-hydrogen) atoms. The first-order valence-corrected chi connectivity index (χ1v) is 10.6. The summed E-state index contributed by atoms with van der Waals surface area (Å²) in [6.07, 6.45) is 1.13. The average molecular weight is 513 g/mol. The lowest BCUT2D eigenvalue weighted by Gasteiger charge is -2.34. The van der Waals surface area contributed by atoms with Crippen LogP contribution in [0.2, 0.25) is 0 Å². The third-order valence-corrected chi connectivity index (χ3v) is 6.01. The van der Waals surface area contributed by atoms with E-state index in [0.29, 0.717) is 18.5 Å². The first-order chi connectivity index (χ1) is 13.1. The molecule has 0 saturated carbocycles. The second-order valence-corrected chi connectivity index (χ2v) is 8.41. The van der Waals surface area contributed by atoms with Crippen molar-refractivity contribution in [3.05, 3.63) is 51.5 Å². The van der Waals surface area contributed by atoms with Gasteiger partial charge in [-0.3, -0.25) is 9.89 Å². The molecular formula is C21H32IN5S. The van der Waals surface area contributed by atoms with E-state index < -0.39 is 0 Å². The van der Waals surface area contributed by atoms with Gasteiger partial charge in [-0.25, -0.2) is 4.98 Å². The Morgan fingerprint density at radius 2 is 1.96 bits per heavy atom. The highest BCUT2D eigenvalue weighted by molar-refractivity contribution is 14.0. The lowest BCUT2D eigenvalue weighted by molar-refractivity contribution is 0.191. The maximum Gasteiger partial charge on any atom is 0.191 e. The number of aliphatic imine (C=N–C) groups is 1. The molecule has 0 amide bonds. The monoisotopic (exact) mass is 513 g/mol. The van der Waals surface area contributed by atoms with Crippen molar-refractivity contribution in [2.24, 2.45) is 4.99 Å². The predicted molar refractivity (Wildman–Crippen MR) is 130 cm³/mol. The van der Waals surface area contributed by atoms with Crippen LogP contribution < -0.4 is 10.6 Å². The smallest absolute Gasteiger partial charge is 0.191 e. The van der Waals surface area contributed by atoms with Crippen molar-refractivity contribution in [1.82, 2.24) is 20.5 Å². The van der Waals surface area contributed by atoms with Crippen LogP contribution in [-0.2, 0) is 19.5 Å². The van der Waals surface area contributed by atoms with E-state index in [2.05, 4.69) is 75.9 Å². The normalized spacial score (nSPS) is 15.7. The molecule has 1 aromatic heterocycles. The quantitative estimate of drug-likeness (QED) is 0.349. The maximum absolute atomic E-state index is 4.67. The van der Waals surface area contributed by atoms with Gasteiger partial charge in [0.05, 0.1) is 12.2 Å². The number of rotatable bonds is 6. The van der Waals surface area contributed by atoms with Crippen molar-refractivity contribution in [2.75, 3.05) is 20.1 Å². The molecule has 3 rings (SSSR count). The van der Waals surface area contributed by atoms with Gasteiger partial charge in [0.15, 0.2) is 5.96 Å². The van der Waals surface area contributed by atoms with Crippen LogP contribution >= 0.6 is 35.3 Å². The third-order valence-electron chi connectivity index (χ3n) is 5.14. The lowest BCUT2D eigenvalue weighted by Crippen LogP contribution is -2.47. The molecular weight excluding hydrogens is 481 g/mol. The number of aromatic nitrogens is 1. The van der Waals surface area contributed by atoms with Crippen molar-refractivity contribution in [3.63, 3.8) is 0 Å². The molecule has 0 saturated heterocycles. The fourth-order valence-corrected chi connectivity index (χ4v) is 4.21. The molecule has 1 aromatic carbocycles. The van der Waals surface area contributed by atoms with Crippen LogP contribution in [0.3, 0.4) is 0 Å². The number of fused-ring (bicyclic) bond motifs is 1. The first-order valence-electron chi connectivity index (χ1n) is 9.76. The Balaban J connectivity index is 0.00000280. The lowest BCUT2D eigenvalue weighted by atomic mass is 9.99. The summed E-state index contributed by atoms with van der Waals surface area (Å²) in [4.78, 5) is 11.6. The molecule has 1 aliphatic rings. The summed E-state index contributed by atoms with van der Waals surface area (Å²) >= 11 is 1.71. The molecule has 0 bridgehead atoms. The first kappa shape index (κ1) is 23.1. The van der Waals surface area contributed by atoms with E-state index in [-0.39, 0.29) is 24.0 Å². The zero-order chi connectivity index (χ0) is 19.2. The van der Waals surface area contributed by atoms with E-state index in [9.17, 15) is 0 Å². The van der Waals surface area contributed by atoms with Gasteiger partial charge in [0.25, 0.3) is 0 Å². The van der Waals surface area contributed by atoms with Crippen LogP contribution in [0.5, 0.6) is 0 Å². The SMILES string of the molecule is CN=C(NCc1nc(C(C)C)cs1)NCC(C)N1CCc2ccccc2C1.I. The van der Waals surface area contributed by atoms with Crippen LogP contribution in [-0.4, -0.2) is 42.0 Å². The standard InChI is InChI=1S/C21H31N5S.HI/c1-15(2)19-14-27-20(25-19)12-24-21(22-4)23-11-16(3)26-10-9-17-7-5-6-8-18(17)13-26;/h5-8,14-16H,9-13H2,1-4H3,(H2,22,23,24);1H. The Morgan fingerprint density at radius 3 is 2.64 bits per heavy atom. The van der Waals surface area contributed by atoms with Crippen molar-refractivity contribution in [3.8, 4) is 0 Å². The second kappa shape index (κ2) is 11.1. The molecule has 2 heterocycles. The number of hydrogen-bond acceptors (Lipinski definition) is 4. The Bertz CT molecular complexity index is 774. The van der Waals surface area contributed by atoms with Gasteiger partial charge in [0, 0.05) is 38.1 Å². The highest BCUT2D eigenvalue weighted by Crippen LogP contribution is 2.20. The van der Waals surface area contributed by atoms with Gasteiger partial charge in [-0.05, 0) is 30.4 Å². The van der Waals surface area contributed by atoms with Crippen molar-refractivity contribution >= 4 is 41.3 Å². The highest BCUT2D eigenvalue weighted by Gasteiger charge is 2.20. The highest BCUT2D eigenvalue weighted by atomic mass is 127. The number of halogens is 1. The zero-order valence-electron chi connectivity index (χ0n) is 17.2. The second-order valence-electron chi connectivity index (χ2n) is 7.47. The van der Waals surface area contributed by atoms with E-state index in [1.807, 2.05) is 7.05 Å². The molecule has 5 nitrogen and oxygen atoms in total. The summed E-state index contributed by atoms with van der Waals surface area (Å²) < 4.78 is 0. The number of guanidine groups is 1. The van der Waals surface area contributed by atoms with Gasteiger partial charge in [0.1, 0.15) is 5.01 Å². The molecule has 0 radical (unpaired) electrons. The molecule has 1 unspecified atom stereocenters. The Hall–Kier alpha value is -1.19. The fourth-order valence-electron chi connectivity index (χ4n) is 3.32. The van der Waals surface area contributed by atoms with E-state index in [1.54, 1.807) is 11.3 Å². The number of hydrogen-bond donors (Lipinski definition) is 2. The number of thiazole rings is 1. The Morgan fingerprint density at radius 1 is 1.21 bits per heavy atom. The molecule has 1 atom stereocenters. The molecule has 0 aliphatic carbocycles. The van der Waals surface area contributed by atoms with E-state index in [4.69, 9.17) is 0 Å². The summed E-state index contributed by atoms with van der Waals surface area (Å²) in [5.74, 6) is 1.31. The van der Waals surface area contributed by atoms with Crippen molar-refractivity contribution in [2.45, 2.75) is 52.2 Å². The molecule has 0 fully saturated rings. The minimum atomic E-state index is 0. The van der Waals surface area contributed by atoms with Gasteiger partial charge in [-0.15, -0.1) is 35.3 Å². The summed E-state index contributed by atoms with van der Waals surface area (Å²) in [6.45, 7) is 10.4. The van der Waals surface area contributed by atoms with Gasteiger partial charge in [0.2, 0.25) is 0 Å². The summed E-state index contributed by atoms with van der Waals surface area (Å²) in [5.41, 5.74) is 4.12. The molecule has 1 aliphatic heterocycles. The Labute approximate surface area is 190 Å². The van der Waals surface area contributed by atoms with E-state index in [0.717, 1.165) is 37.0 Å². The third kappa shape index (κ3) is 6.15. The molecule has 2 aromatic rings. The van der Waals surface area contributed by atoms with E-state index in [1.165, 1.54) is 16.8 Å². The Kier molecular flexibility index (Phi) is 9.17. The van der Waals surface area contributed by atoms with Crippen LogP contribution in [0.1, 0.15) is 48.5 Å². The number of benzene rings is 1. The molecule has 7 heteroatoms. The van der Waals surface area contributed by atoms with Crippen molar-refractivity contribution < 1.29 is 0 Å². The van der Waals surface area contributed by atoms with Crippen LogP contribution in [0.25, 0.3) is 0 Å². The van der Waals surface area contributed by atoms with Crippen LogP contribution in [0.4, 0.5) is 0 Å². The molecule has 0 spiro atoms. The zero-order valence-corrected chi connectivity index (χ0v) is 20.4. The van der Waals surface area contributed by atoms with Gasteiger partial charge < -0.3 is 10.6 Å². The van der Waals surface area contributed by atoms with Gasteiger partial charge in [-0.2, -0.15) is 0 Å². The number of nitrogens with one attached hydrogen (secondary N) is 2. The average Bonchev–Trinajstić information content (AvgIpc) is 3.17. The maximum atomic E-state index is 4.67. The predicted octanol–water partition coefficient (Wildman–Crippen LogP) is 4.00. The topological polar surface area (TPSA) is 52.6 Å². The summed E-state index contributed by atoms with van der Waals surface area (Å²) in [6, 6.07) is 9.23. The molecule has 2 N–H and O–H groups in total. The van der Waals surface area contributed by atoms with Crippen molar-refractivity contribution in [1.29, 1.82) is 0 Å². The minimum Gasteiger partial charge on any atom is -0.355 e. The van der Waals surface area contributed by atoms with Gasteiger partial charge >= 0.3 is 0 Å². The summed E-state index contributed by atoms with van der Waals surface area (Å²) in [5, 5.41) is 10.1. The minimum absolute atomic E-state index is 0. The van der Waals surface area contributed by atoms with Crippen LogP contribution in [0.15, 0.2) is 34.6 Å². The summed E-state index contributed by atoms with van der Waals surface area (Å²) in [7, 11) is 1.82. The van der Waals surface area contributed by atoms with E-state index >= 15 is 0 Å². The largest absolute Gasteiger partial charge is 0.355 e. The van der Waals surface area contributed by atoms with Crippen LogP contribution in [0, 0.1) is 0 Å². The number of nitrogens with zero attached hydrogens (tertiary/aromatic N) is 3. The fraction of sp³-hybridized carbons (Fsp3) is 0.524. The van der Waals surface area contributed by atoms with Gasteiger partial charge in [-0.1, -0.05) is 38.1 Å².